The molecule has 0 spiro atoms. The highest BCUT2D eigenvalue weighted by molar-refractivity contribution is 6.10. The summed E-state index contributed by atoms with van der Waals surface area (Å²) in [5.41, 5.74) is 4.28. The molecule has 0 saturated heterocycles. The number of aliphatic hydroxyl groups is 3. The van der Waals surface area contributed by atoms with Gasteiger partial charge in [0.15, 0.2) is 17.2 Å². The van der Waals surface area contributed by atoms with Crippen LogP contribution in [0.15, 0.2) is 48.5 Å². The van der Waals surface area contributed by atoms with E-state index in [1.807, 2.05) is 39.0 Å². The number of aliphatic hydroxyl groups excluding tert-OH is 2. The molecule has 9 heteroatoms. The Morgan fingerprint density at radius 2 is 1.58 bits per heavy atom. The minimum Gasteiger partial charge on any atom is -0.507 e. The topological polar surface area (TPSA) is 161 Å². The number of benzene rings is 3. The number of aromatic hydroxyl groups is 1. The van der Waals surface area contributed by atoms with Gasteiger partial charge in [0.05, 0.1) is 17.6 Å². The zero-order valence-electron chi connectivity index (χ0n) is 30.1. The molecule has 6 rings (SSSR count). The highest BCUT2D eigenvalue weighted by atomic mass is 16.4. The Kier molecular flexibility index (Phi) is 9.30. The minimum absolute atomic E-state index is 0.0663. The van der Waals surface area contributed by atoms with Crippen molar-refractivity contribution >= 4 is 28.2 Å². The van der Waals surface area contributed by atoms with Crippen LogP contribution in [-0.2, 0) is 22.6 Å². The molecule has 2 fully saturated rings. The van der Waals surface area contributed by atoms with Gasteiger partial charge in [-0.25, -0.2) is 0 Å². The molecule has 1 amide bonds. The molecule has 0 aliphatic heterocycles. The number of phenolic OH excluding ortho intramolecular Hbond substituents is 1. The molecule has 0 heterocycles. The molecule has 6 N–H and O–H groups in total. The van der Waals surface area contributed by atoms with Crippen molar-refractivity contribution in [2.45, 2.75) is 91.6 Å². The minimum atomic E-state index is -2.54. The molecule has 9 nitrogen and oxygen atoms in total. The SMILES string of the molecule is CCCN(CCC)Cc1ccc(-c2ccc(O)c3c2C[C@]2(C)C[C@]4(C)[C@@H](C(C)C)C(O)[C@@H](C(N)=O)C(=O)[C@]4(O)C(O)[C@H]2C3=O)c2ccccc12. The molecule has 2 saturated carbocycles. The average molecular weight is 685 g/mol. The molecule has 3 aromatic carbocycles. The quantitative estimate of drug-likeness (QED) is 0.197. The van der Waals surface area contributed by atoms with Crippen molar-refractivity contribution < 1.29 is 34.8 Å². The molecular weight excluding hydrogens is 632 g/mol. The lowest BCUT2D eigenvalue weighted by atomic mass is 9.39. The summed E-state index contributed by atoms with van der Waals surface area (Å²) < 4.78 is 0. The summed E-state index contributed by atoms with van der Waals surface area (Å²) in [6.07, 6.45) is -0.903. The van der Waals surface area contributed by atoms with E-state index in [-0.39, 0.29) is 30.1 Å². The number of hydrogen-bond acceptors (Lipinski definition) is 8. The van der Waals surface area contributed by atoms with Crippen LogP contribution in [0.3, 0.4) is 0 Å². The van der Waals surface area contributed by atoms with Crippen LogP contribution in [0.5, 0.6) is 5.75 Å². The monoisotopic (exact) mass is 684 g/mol. The lowest BCUT2D eigenvalue weighted by Gasteiger charge is -2.66. The predicted octanol–water partition coefficient (Wildman–Crippen LogP) is 5.02. The third-order valence-electron chi connectivity index (χ3n) is 12.4. The van der Waals surface area contributed by atoms with Crippen LogP contribution in [0.2, 0.25) is 0 Å². The standard InChI is InChI=1S/C41H52N2O7/c1-7-17-43(18-8-2)20-23-13-14-26(25-12-10-9-11-24(23)25)27-15-16-29(44)30-28(27)19-39(5)21-40(6)32(22(3)4)35(46)31(38(42)49)36(47)41(40,50)37(48)33(39)34(30)45/h9-16,22,31-33,35,37,44,46,48,50H,7-8,17-21H2,1-6H3,(H2,42,49)/t31-,32+,33-,35?,37?,39-,40-,41+/m1/s1. The first-order valence-electron chi connectivity index (χ1n) is 18.1. The fraction of sp³-hybridized carbons (Fsp3) is 0.537. The lowest BCUT2D eigenvalue weighted by Crippen LogP contribution is -2.79. The zero-order chi connectivity index (χ0) is 36.5. The van der Waals surface area contributed by atoms with Crippen LogP contribution in [0.1, 0.15) is 82.3 Å². The van der Waals surface area contributed by atoms with Gasteiger partial charge in [0, 0.05) is 12.0 Å². The number of Topliss-reactive ketones (excluding diaryl/α,β-unsaturated/α-hetero) is 2. The summed E-state index contributed by atoms with van der Waals surface area (Å²) >= 11 is 0. The van der Waals surface area contributed by atoms with E-state index in [0.717, 1.165) is 54.4 Å². The molecule has 268 valence electrons. The molecule has 3 aromatic rings. The Morgan fingerprint density at radius 1 is 0.960 bits per heavy atom. The highest BCUT2D eigenvalue weighted by Crippen LogP contribution is 2.66. The second kappa shape index (κ2) is 12.9. The third-order valence-corrected chi connectivity index (χ3v) is 12.4. The van der Waals surface area contributed by atoms with Gasteiger partial charge in [-0.15, -0.1) is 0 Å². The second-order valence-electron chi connectivity index (χ2n) is 16.1. The van der Waals surface area contributed by atoms with Crippen LogP contribution in [0, 0.1) is 34.5 Å². The average Bonchev–Trinajstić information content (AvgIpc) is 3.03. The van der Waals surface area contributed by atoms with Crippen molar-refractivity contribution in [1.82, 2.24) is 4.90 Å². The van der Waals surface area contributed by atoms with Crippen molar-refractivity contribution in [1.29, 1.82) is 0 Å². The largest absolute Gasteiger partial charge is 0.507 e. The van der Waals surface area contributed by atoms with Crippen molar-refractivity contribution in [3.8, 4) is 16.9 Å². The van der Waals surface area contributed by atoms with Gasteiger partial charge in [-0.05, 0) is 95.1 Å². The second-order valence-corrected chi connectivity index (χ2v) is 16.1. The highest BCUT2D eigenvalue weighted by Gasteiger charge is 2.76. The maximum atomic E-state index is 14.7. The third kappa shape index (κ3) is 5.14. The van der Waals surface area contributed by atoms with Gasteiger partial charge in [0.25, 0.3) is 0 Å². The van der Waals surface area contributed by atoms with E-state index < -0.39 is 63.9 Å². The lowest BCUT2D eigenvalue weighted by molar-refractivity contribution is -0.265. The van der Waals surface area contributed by atoms with E-state index in [1.165, 1.54) is 11.6 Å². The normalized spacial score (nSPS) is 32.3. The summed E-state index contributed by atoms with van der Waals surface area (Å²) in [5, 5.41) is 49.4. The first kappa shape index (κ1) is 36.2. The fourth-order valence-electron chi connectivity index (χ4n) is 10.7. The van der Waals surface area contributed by atoms with Crippen molar-refractivity contribution in [2.24, 2.45) is 40.2 Å². The van der Waals surface area contributed by atoms with Crippen molar-refractivity contribution in [3.05, 3.63) is 65.2 Å². The maximum Gasteiger partial charge on any atom is 0.230 e. The van der Waals surface area contributed by atoms with Gasteiger partial charge in [-0.2, -0.15) is 0 Å². The summed E-state index contributed by atoms with van der Waals surface area (Å²) in [6.45, 7) is 14.4. The van der Waals surface area contributed by atoms with Gasteiger partial charge >= 0.3 is 0 Å². The van der Waals surface area contributed by atoms with Crippen LogP contribution in [0.25, 0.3) is 21.9 Å². The van der Waals surface area contributed by atoms with Crippen molar-refractivity contribution in [3.63, 3.8) is 0 Å². The Morgan fingerprint density at radius 3 is 2.18 bits per heavy atom. The Bertz CT molecular complexity index is 1850. The Balaban J connectivity index is 1.51. The first-order valence-corrected chi connectivity index (χ1v) is 18.1. The van der Waals surface area contributed by atoms with Crippen LogP contribution in [0.4, 0.5) is 0 Å². The molecule has 3 aliphatic carbocycles. The molecule has 0 radical (unpaired) electrons. The number of fused-ring (bicyclic) bond motifs is 4. The summed E-state index contributed by atoms with van der Waals surface area (Å²) in [4.78, 5) is 43.7. The van der Waals surface area contributed by atoms with Gasteiger partial charge in [0.2, 0.25) is 5.91 Å². The molecule has 8 atom stereocenters. The van der Waals surface area contributed by atoms with E-state index in [1.54, 1.807) is 6.92 Å². The Hall–Kier alpha value is -3.63. The summed E-state index contributed by atoms with van der Waals surface area (Å²) in [6, 6.07) is 15.8. The van der Waals surface area contributed by atoms with E-state index in [4.69, 9.17) is 5.73 Å². The van der Waals surface area contributed by atoms with E-state index in [0.29, 0.717) is 5.56 Å². The zero-order valence-corrected chi connectivity index (χ0v) is 30.1. The van der Waals surface area contributed by atoms with Crippen LogP contribution < -0.4 is 5.73 Å². The number of carbonyl (C=O) groups excluding carboxylic acids is 3. The van der Waals surface area contributed by atoms with Gasteiger partial charge < -0.3 is 26.2 Å². The number of hydrogen-bond donors (Lipinski definition) is 5. The van der Waals surface area contributed by atoms with Gasteiger partial charge in [0.1, 0.15) is 17.8 Å². The first-order chi connectivity index (χ1) is 23.6. The van der Waals surface area contributed by atoms with Crippen LogP contribution in [-0.4, -0.2) is 73.7 Å². The van der Waals surface area contributed by atoms with E-state index >= 15 is 0 Å². The molecule has 3 aliphatic rings. The smallest absolute Gasteiger partial charge is 0.230 e. The summed E-state index contributed by atoms with van der Waals surface area (Å²) in [7, 11) is 0. The number of primary amides is 1. The number of carbonyl (C=O) groups is 3. The summed E-state index contributed by atoms with van der Waals surface area (Å²) in [5.74, 6) is -7.08. The molecule has 2 unspecified atom stereocenters. The molecule has 0 bridgehead atoms. The van der Waals surface area contributed by atoms with Gasteiger partial charge in [-0.1, -0.05) is 84.0 Å². The molecule has 50 heavy (non-hydrogen) atoms. The van der Waals surface area contributed by atoms with Gasteiger partial charge in [-0.3, -0.25) is 19.3 Å². The number of nitrogens with two attached hydrogens (primary N) is 1. The fourth-order valence-corrected chi connectivity index (χ4v) is 10.7. The number of phenols is 1. The van der Waals surface area contributed by atoms with Crippen molar-refractivity contribution in [2.75, 3.05) is 13.1 Å². The number of amides is 1. The van der Waals surface area contributed by atoms with E-state index in [2.05, 4.69) is 43.0 Å². The van der Waals surface area contributed by atoms with Crippen LogP contribution >= 0.6 is 0 Å². The number of rotatable bonds is 9. The number of nitrogens with zero attached hydrogens (tertiary/aromatic N) is 1. The van der Waals surface area contributed by atoms with E-state index in [9.17, 15) is 34.8 Å². The predicted molar refractivity (Wildman–Crippen MR) is 192 cm³/mol. The maximum absolute atomic E-state index is 14.7. The molecular formula is C41H52N2O7. The molecule has 0 aromatic heterocycles. The Labute approximate surface area is 294 Å². The number of ketones is 2.